The molecule has 0 radical (unpaired) electrons. The van der Waals surface area contributed by atoms with Crippen molar-refractivity contribution < 1.29 is 9.59 Å². The number of hydrogen-bond donors (Lipinski definition) is 2. The summed E-state index contributed by atoms with van der Waals surface area (Å²) >= 11 is 12.1. The number of rotatable bonds is 7. The van der Waals surface area contributed by atoms with E-state index >= 15 is 0 Å². The maximum Gasteiger partial charge on any atom is 0.254 e. The first-order chi connectivity index (χ1) is 13.0. The summed E-state index contributed by atoms with van der Waals surface area (Å²) in [5, 5.41) is 5.98. The number of halogens is 2. The minimum atomic E-state index is -0.315. The van der Waals surface area contributed by atoms with Crippen LogP contribution in [0.4, 0.5) is 0 Å². The predicted molar refractivity (Wildman–Crippen MR) is 111 cm³/mol. The van der Waals surface area contributed by atoms with Crippen LogP contribution in [0.15, 0.2) is 54.8 Å². The van der Waals surface area contributed by atoms with Crippen LogP contribution in [0, 0.1) is 6.92 Å². The summed E-state index contributed by atoms with van der Waals surface area (Å²) in [6, 6.07) is 10.9. The standard InChI is InChI=1S/C21H20Cl2N2O2/c1-3-16(9-10-24-13-26)17-8-7-15(11-14(17)2)12-25-21(27)20-18(22)5-4-6-19(20)23/h3-11,13H,12H2,1-2H3,(H,24,26)(H,25,27)/b10-9-,16-3+. The highest BCUT2D eigenvalue weighted by atomic mass is 35.5. The van der Waals surface area contributed by atoms with Gasteiger partial charge in [0.05, 0.1) is 15.6 Å². The number of amides is 2. The van der Waals surface area contributed by atoms with Crippen LogP contribution in [0.3, 0.4) is 0 Å². The van der Waals surface area contributed by atoms with Gasteiger partial charge in [-0.3, -0.25) is 9.59 Å². The highest BCUT2D eigenvalue weighted by Crippen LogP contribution is 2.24. The molecule has 4 nitrogen and oxygen atoms in total. The monoisotopic (exact) mass is 402 g/mol. The van der Waals surface area contributed by atoms with Crippen LogP contribution in [-0.4, -0.2) is 12.3 Å². The van der Waals surface area contributed by atoms with Crippen molar-refractivity contribution in [2.24, 2.45) is 0 Å². The number of benzene rings is 2. The molecule has 6 heteroatoms. The lowest BCUT2D eigenvalue weighted by molar-refractivity contribution is -0.108. The molecule has 140 valence electrons. The molecule has 0 aliphatic rings. The van der Waals surface area contributed by atoms with Crippen molar-refractivity contribution in [2.45, 2.75) is 20.4 Å². The lowest BCUT2D eigenvalue weighted by atomic mass is 9.98. The van der Waals surface area contributed by atoms with E-state index in [4.69, 9.17) is 23.2 Å². The summed E-state index contributed by atoms with van der Waals surface area (Å²) in [5.41, 5.74) is 4.32. The highest BCUT2D eigenvalue weighted by Gasteiger charge is 2.14. The first-order valence-corrected chi connectivity index (χ1v) is 9.08. The second-order valence-electron chi connectivity index (χ2n) is 5.79. The molecule has 0 heterocycles. The van der Waals surface area contributed by atoms with Crippen molar-refractivity contribution >= 4 is 41.1 Å². The Morgan fingerprint density at radius 3 is 2.44 bits per heavy atom. The number of hydrogen-bond acceptors (Lipinski definition) is 2. The second-order valence-corrected chi connectivity index (χ2v) is 6.60. The van der Waals surface area contributed by atoms with E-state index in [0.717, 1.165) is 22.3 Å². The van der Waals surface area contributed by atoms with Gasteiger partial charge in [0.2, 0.25) is 6.41 Å². The third-order valence-electron chi connectivity index (χ3n) is 3.98. The molecule has 2 amide bonds. The molecule has 2 N–H and O–H groups in total. The van der Waals surface area contributed by atoms with Crippen LogP contribution in [-0.2, 0) is 11.3 Å². The van der Waals surface area contributed by atoms with Gasteiger partial charge in [0.15, 0.2) is 0 Å². The average molecular weight is 403 g/mol. The molecule has 2 aromatic rings. The molecule has 2 aromatic carbocycles. The number of allylic oxidation sites excluding steroid dienone is 3. The summed E-state index contributed by atoms with van der Waals surface area (Å²) in [5.74, 6) is -0.315. The third-order valence-corrected chi connectivity index (χ3v) is 4.61. The van der Waals surface area contributed by atoms with Gasteiger partial charge in [-0.05, 0) is 54.3 Å². The second kappa shape index (κ2) is 9.95. The Kier molecular flexibility index (Phi) is 7.65. The summed E-state index contributed by atoms with van der Waals surface area (Å²) in [6.07, 6.45) is 6.00. The molecular formula is C21H20Cl2N2O2. The summed E-state index contributed by atoms with van der Waals surface area (Å²) in [6.45, 7) is 4.28. The van der Waals surface area contributed by atoms with E-state index in [1.165, 1.54) is 0 Å². The zero-order valence-corrected chi connectivity index (χ0v) is 16.6. The molecule has 27 heavy (non-hydrogen) atoms. The number of carbonyl (C=O) groups excluding carboxylic acids is 2. The normalized spacial score (nSPS) is 11.5. The van der Waals surface area contributed by atoms with Gasteiger partial charge in [0.1, 0.15) is 0 Å². The van der Waals surface area contributed by atoms with Gasteiger partial charge in [-0.2, -0.15) is 0 Å². The van der Waals surface area contributed by atoms with Gasteiger partial charge in [-0.25, -0.2) is 0 Å². The fourth-order valence-corrected chi connectivity index (χ4v) is 3.23. The van der Waals surface area contributed by atoms with Crippen LogP contribution in [0.1, 0.15) is 34.0 Å². The summed E-state index contributed by atoms with van der Waals surface area (Å²) in [4.78, 5) is 22.7. The number of aryl methyl sites for hydroxylation is 1. The Bertz CT molecular complexity index is 885. The van der Waals surface area contributed by atoms with Gasteiger partial charge >= 0.3 is 0 Å². The first kappa shape index (κ1) is 20.7. The SMILES string of the molecule is C/C=C(\C=C/NC=O)c1ccc(CNC(=O)c2c(Cl)cccc2Cl)cc1C. The van der Waals surface area contributed by atoms with E-state index < -0.39 is 0 Å². The van der Waals surface area contributed by atoms with Crippen molar-refractivity contribution in [1.82, 2.24) is 10.6 Å². The summed E-state index contributed by atoms with van der Waals surface area (Å²) < 4.78 is 0. The minimum absolute atomic E-state index is 0.276. The number of nitrogens with one attached hydrogen (secondary N) is 2. The van der Waals surface area contributed by atoms with Crippen LogP contribution in [0.25, 0.3) is 5.57 Å². The van der Waals surface area contributed by atoms with Crippen LogP contribution < -0.4 is 10.6 Å². The smallest absolute Gasteiger partial charge is 0.254 e. The summed E-state index contributed by atoms with van der Waals surface area (Å²) in [7, 11) is 0. The van der Waals surface area contributed by atoms with E-state index in [1.807, 2.05) is 44.2 Å². The molecule has 0 unspecified atom stereocenters. The van der Waals surface area contributed by atoms with Crippen LogP contribution >= 0.6 is 23.2 Å². The molecular weight excluding hydrogens is 383 g/mol. The van der Waals surface area contributed by atoms with Crippen LogP contribution in [0.5, 0.6) is 0 Å². The largest absolute Gasteiger partial charge is 0.348 e. The predicted octanol–water partition coefficient (Wildman–Crippen LogP) is 4.89. The molecule has 0 aliphatic carbocycles. The third kappa shape index (κ3) is 5.46. The lowest BCUT2D eigenvalue weighted by Gasteiger charge is -2.12. The van der Waals surface area contributed by atoms with Crippen molar-refractivity contribution in [3.8, 4) is 0 Å². The average Bonchev–Trinajstić information content (AvgIpc) is 2.64. The van der Waals surface area contributed by atoms with E-state index in [2.05, 4.69) is 10.6 Å². The Morgan fingerprint density at radius 1 is 1.15 bits per heavy atom. The zero-order valence-electron chi connectivity index (χ0n) is 15.1. The van der Waals surface area contributed by atoms with E-state index in [-0.39, 0.29) is 11.5 Å². The van der Waals surface area contributed by atoms with E-state index in [9.17, 15) is 9.59 Å². The number of carbonyl (C=O) groups is 2. The van der Waals surface area contributed by atoms with Gasteiger partial charge < -0.3 is 10.6 Å². The van der Waals surface area contributed by atoms with Crippen molar-refractivity contribution in [3.63, 3.8) is 0 Å². The minimum Gasteiger partial charge on any atom is -0.348 e. The molecule has 0 aromatic heterocycles. The highest BCUT2D eigenvalue weighted by molar-refractivity contribution is 6.39. The molecule has 0 atom stereocenters. The van der Waals surface area contributed by atoms with E-state index in [0.29, 0.717) is 23.0 Å². The van der Waals surface area contributed by atoms with Crippen molar-refractivity contribution in [1.29, 1.82) is 0 Å². The van der Waals surface area contributed by atoms with E-state index in [1.54, 1.807) is 24.4 Å². The Labute approximate surface area is 168 Å². The van der Waals surface area contributed by atoms with Gasteiger partial charge in [-0.15, -0.1) is 0 Å². The quantitative estimate of drug-likeness (QED) is 0.511. The Hall–Kier alpha value is -2.56. The van der Waals surface area contributed by atoms with Crippen LogP contribution in [0.2, 0.25) is 10.0 Å². The first-order valence-electron chi connectivity index (χ1n) is 8.32. The molecule has 0 spiro atoms. The fourth-order valence-electron chi connectivity index (χ4n) is 2.66. The van der Waals surface area contributed by atoms with Gasteiger partial charge in [0, 0.05) is 12.7 Å². The lowest BCUT2D eigenvalue weighted by Crippen LogP contribution is -2.23. The molecule has 2 rings (SSSR count). The molecule has 0 saturated carbocycles. The molecule has 0 fully saturated rings. The van der Waals surface area contributed by atoms with Gasteiger partial charge in [-0.1, -0.05) is 53.5 Å². The molecule has 0 bridgehead atoms. The zero-order chi connectivity index (χ0) is 19.8. The maximum atomic E-state index is 12.4. The topological polar surface area (TPSA) is 58.2 Å². The molecule has 0 saturated heterocycles. The Balaban J connectivity index is 2.12. The van der Waals surface area contributed by atoms with Crippen molar-refractivity contribution in [3.05, 3.63) is 87.0 Å². The van der Waals surface area contributed by atoms with Crippen molar-refractivity contribution in [2.75, 3.05) is 0 Å². The van der Waals surface area contributed by atoms with Gasteiger partial charge in [0.25, 0.3) is 5.91 Å². The Morgan fingerprint density at radius 2 is 1.85 bits per heavy atom. The fraction of sp³-hybridized carbons (Fsp3) is 0.143. The molecule has 0 aliphatic heterocycles. The maximum absolute atomic E-state index is 12.4.